The zero-order valence-corrected chi connectivity index (χ0v) is 13.7. The van der Waals surface area contributed by atoms with Gasteiger partial charge in [-0.15, -0.1) is 0 Å². The van der Waals surface area contributed by atoms with E-state index in [0.29, 0.717) is 0 Å². The largest absolute Gasteiger partial charge is 0.318 e. The summed E-state index contributed by atoms with van der Waals surface area (Å²) < 4.78 is 0. The second-order valence-corrected chi connectivity index (χ2v) is 7.47. The normalized spacial score (nSPS) is 27.9. The van der Waals surface area contributed by atoms with Crippen LogP contribution in [-0.4, -0.2) is 49.2 Å². The fraction of sp³-hybridized carbons (Fsp3) is 1.00. The van der Waals surface area contributed by atoms with Crippen LogP contribution in [0.5, 0.6) is 0 Å². The Labute approximate surface area is 125 Å². The van der Waals surface area contributed by atoms with Gasteiger partial charge >= 0.3 is 0 Å². The predicted octanol–water partition coefficient (Wildman–Crippen LogP) is 2.76. The molecule has 1 atom stereocenters. The topological polar surface area (TPSA) is 32.5 Å². The average Bonchev–Trinajstić information content (AvgIpc) is 2.65. The summed E-state index contributed by atoms with van der Waals surface area (Å²) in [6.07, 6.45) is 8.52. The van der Waals surface area contributed by atoms with Crippen molar-refractivity contribution in [2.75, 3.05) is 39.4 Å². The summed E-state index contributed by atoms with van der Waals surface area (Å²) in [5, 5.41) is 0. The molecule has 2 saturated heterocycles. The summed E-state index contributed by atoms with van der Waals surface area (Å²) in [4.78, 5) is 5.09. The monoisotopic (exact) mass is 281 g/mol. The van der Waals surface area contributed by atoms with E-state index in [1.165, 1.54) is 71.2 Å². The summed E-state index contributed by atoms with van der Waals surface area (Å²) in [6.45, 7) is 11.8. The Kier molecular flexibility index (Phi) is 6.79. The Morgan fingerprint density at radius 2 is 1.50 bits per heavy atom. The van der Waals surface area contributed by atoms with Crippen molar-refractivity contribution in [2.45, 2.75) is 52.4 Å². The van der Waals surface area contributed by atoms with Gasteiger partial charge in [0.25, 0.3) is 0 Å². The van der Waals surface area contributed by atoms with E-state index in [1.807, 2.05) is 0 Å². The molecule has 0 bridgehead atoms. The average molecular weight is 281 g/mol. The zero-order chi connectivity index (χ0) is 14.4. The molecule has 0 saturated carbocycles. The van der Waals surface area contributed by atoms with Crippen LogP contribution in [0, 0.1) is 17.8 Å². The van der Waals surface area contributed by atoms with Crippen LogP contribution in [0.4, 0.5) is 0 Å². The van der Waals surface area contributed by atoms with Crippen LogP contribution in [0.15, 0.2) is 0 Å². The van der Waals surface area contributed by atoms with Gasteiger partial charge in [0.1, 0.15) is 0 Å². The fourth-order valence-corrected chi connectivity index (χ4v) is 4.04. The number of nitrogens with zero attached hydrogens (tertiary/aromatic N) is 2. The molecular formula is C17H35N3. The molecule has 2 rings (SSSR count). The maximum absolute atomic E-state index is 5.78. The van der Waals surface area contributed by atoms with E-state index in [2.05, 4.69) is 23.6 Å². The van der Waals surface area contributed by atoms with Crippen LogP contribution in [0.25, 0.3) is 0 Å². The second-order valence-electron chi connectivity index (χ2n) is 7.47. The van der Waals surface area contributed by atoms with Crippen LogP contribution >= 0.6 is 0 Å². The van der Waals surface area contributed by atoms with Crippen LogP contribution in [0.2, 0.25) is 0 Å². The number of rotatable bonds is 5. The maximum Gasteiger partial charge on any atom is 0.0455 e. The summed E-state index contributed by atoms with van der Waals surface area (Å²) in [5.41, 5.74) is 5.78. The summed E-state index contributed by atoms with van der Waals surface area (Å²) in [6, 6.07) is 0. The lowest BCUT2D eigenvalue weighted by molar-refractivity contribution is 0.150. The van der Waals surface area contributed by atoms with Crippen LogP contribution in [-0.2, 0) is 0 Å². The Morgan fingerprint density at radius 3 is 2.10 bits per heavy atom. The van der Waals surface area contributed by atoms with Gasteiger partial charge in [0.2, 0.25) is 0 Å². The highest BCUT2D eigenvalue weighted by Crippen LogP contribution is 2.30. The van der Waals surface area contributed by atoms with Crippen molar-refractivity contribution in [3.05, 3.63) is 0 Å². The molecule has 118 valence electrons. The van der Waals surface area contributed by atoms with E-state index in [0.717, 1.165) is 24.4 Å². The first-order chi connectivity index (χ1) is 9.67. The van der Waals surface area contributed by atoms with E-state index in [9.17, 15) is 0 Å². The van der Waals surface area contributed by atoms with Gasteiger partial charge in [-0.25, -0.2) is 0 Å². The van der Waals surface area contributed by atoms with Gasteiger partial charge in [0.05, 0.1) is 0 Å². The lowest BCUT2D eigenvalue weighted by Gasteiger charge is -2.34. The lowest BCUT2D eigenvalue weighted by atomic mass is 9.84. The molecule has 2 fully saturated rings. The molecule has 0 spiro atoms. The van der Waals surface area contributed by atoms with E-state index in [1.54, 1.807) is 0 Å². The molecule has 1 unspecified atom stereocenters. The minimum absolute atomic E-state index is 0.750. The van der Waals surface area contributed by atoms with Gasteiger partial charge in [0.15, 0.2) is 0 Å². The highest BCUT2D eigenvalue weighted by atomic mass is 15.2. The molecular weight excluding hydrogens is 246 g/mol. The SMILES string of the molecule is CC(C)CN1CCC(CC2CCCN(CN)CC2)CC1. The molecule has 20 heavy (non-hydrogen) atoms. The first-order valence-corrected chi connectivity index (χ1v) is 8.82. The van der Waals surface area contributed by atoms with E-state index in [4.69, 9.17) is 5.73 Å². The van der Waals surface area contributed by atoms with Gasteiger partial charge in [-0.2, -0.15) is 0 Å². The van der Waals surface area contributed by atoms with Gasteiger partial charge in [-0.1, -0.05) is 13.8 Å². The van der Waals surface area contributed by atoms with Crippen molar-refractivity contribution < 1.29 is 0 Å². The van der Waals surface area contributed by atoms with Gasteiger partial charge in [0, 0.05) is 13.2 Å². The number of likely N-dealkylation sites (tertiary alicyclic amines) is 2. The Balaban J connectivity index is 1.67. The molecule has 0 aromatic carbocycles. The van der Waals surface area contributed by atoms with Crippen molar-refractivity contribution >= 4 is 0 Å². The standard InChI is InChI=1S/C17H35N3/c1-15(2)13-19-9-5-17(6-10-19)12-16-4-3-8-20(14-18)11-7-16/h15-17H,3-14,18H2,1-2H3. The summed E-state index contributed by atoms with van der Waals surface area (Å²) >= 11 is 0. The van der Waals surface area contributed by atoms with Gasteiger partial charge in [-0.05, 0) is 82.5 Å². The Morgan fingerprint density at radius 1 is 0.900 bits per heavy atom. The third-order valence-electron chi connectivity index (χ3n) is 5.20. The molecule has 2 aliphatic heterocycles. The second kappa shape index (κ2) is 8.35. The smallest absolute Gasteiger partial charge is 0.0455 e. The Bertz CT molecular complexity index is 259. The van der Waals surface area contributed by atoms with Crippen molar-refractivity contribution in [3.63, 3.8) is 0 Å². The first-order valence-electron chi connectivity index (χ1n) is 8.82. The quantitative estimate of drug-likeness (QED) is 0.841. The molecule has 3 heteroatoms. The van der Waals surface area contributed by atoms with Crippen molar-refractivity contribution in [3.8, 4) is 0 Å². The van der Waals surface area contributed by atoms with Crippen LogP contribution in [0.1, 0.15) is 52.4 Å². The van der Waals surface area contributed by atoms with E-state index in [-0.39, 0.29) is 0 Å². The number of hydrogen-bond acceptors (Lipinski definition) is 3. The lowest BCUT2D eigenvalue weighted by Crippen LogP contribution is -2.36. The number of nitrogens with two attached hydrogens (primary N) is 1. The van der Waals surface area contributed by atoms with Crippen LogP contribution < -0.4 is 5.73 Å². The number of hydrogen-bond donors (Lipinski definition) is 1. The zero-order valence-electron chi connectivity index (χ0n) is 13.7. The minimum atomic E-state index is 0.750. The highest BCUT2D eigenvalue weighted by Gasteiger charge is 2.24. The molecule has 2 aliphatic rings. The van der Waals surface area contributed by atoms with Crippen molar-refractivity contribution in [2.24, 2.45) is 23.5 Å². The van der Waals surface area contributed by atoms with Crippen molar-refractivity contribution in [1.29, 1.82) is 0 Å². The molecule has 2 N–H and O–H groups in total. The highest BCUT2D eigenvalue weighted by molar-refractivity contribution is 4.77. The molecule has 0 aliphatic carbocycles. The molecule has 0 radical (unpaired) electrons. The van der Waals surface area contributed by atoms with Crippen molar-refractivity contribution in [1.82, 2.24) is 9.80 Å². The van der Waals surface area contributed by atoms with Crippen LogP contribution in [0.3, 0.4) is 0 Å². The maximum atomic E-state index is 5.78. The van der Waals surface area contributed by atoms with E-state index < -0.39 is 0 Å². The molecule has 2 heterocycles. The summed E-state index contributed by atoms with van der Waals surface area (Å²) in [5.74, 6) is 2.77. The fourth-order valence-electron chi connectivity index (χ4n) is 4.04. The third-order valence-corrected chi connectivity index (χ3v) is 5.20. The van der Waals surface area contributed by atoms with E-state index >= 15 is 0 Å². The molecule has 0 aromatic rings. The molecule has 0 amide bonds. The molecule has 0 aromatic heterocycles. The summed E-state index contributed by atoms with van der Waals surface area (Å²) in [7, 11) is 0. The number of piperidine rings is 1. The van der Waals surface area contributed by atoms with Gasteiger partial charge < -0.3 is 10.6 Å². The third kappa shape index (κ3) is 5.34. The predicted molar refractivity (Wildman–Crippen MR) is 86.6 cm³/mol. The first kappa shape index (κ1) is 16.3. The minimum Gasteiger partial charge on any atom is -0.318 e. The molecule has 3 nitrogen and oxygen atoms in total. The van der Waals surface area contributed by atoms with Gasteiger partial charge in [-0.3, -0.25) is 4.90 Å². The Hall–Kier alpha value is -0.120.